The number of halogens is 2. The third-order valence-corrected chi connectivity index (χ3v) is 4.67. The van der Waals surface area contributed by atoms with E-state index in [1.165, 1.54) is 0 Å². The number of phenolic OH excluding ortho intramolecular Hbond substituents is 1. The van der Waals surface area contributed by atoms with E-state index in [1.54, 1.807) is 49.4 Å². The highest BCUT2D eigenvalue weighted by molar-refractivity contribution is 6.31. The van der Waals surface area contributed by atoms with Crippen molar-refractivity contribution in [2.45, 2.75) is 44.2 Å². The van der Waals surface area contributed by atoms with Crippen LogP contribution in [0.1, 0.15) is 36.5 Å². The van der Waals surface area contributed by atoms with E-state index in [9.17, 15) is 10.2 Å². The van der Waals surface area contributed by atoms with Crippen molar-refractivity contribution in [1.82, 2.24) is 0 Å². The predicted molar refractivity (Wildman–Crippen MR) is 90.9 cm³/mol. The van der Waals surface area contributed by atoms with Gasteiger partial charge in [0, 0.05) is 17.0 Å². The molecule has 0 radical (unpaired) electrons. The van der Waals surface area contributed by atoms with Crippen molar-refractivity contribution in [3.05, 3.63) is 64.2 Å². The van der Waals surface area contributed by atoms with Crippen molar-refractivity contribution < 1.29 is 19.3 Å². The van der Waals surface area contributed by atoms with E-state index in [-0.39, 0.29) is 18.3 Å². The van der Waals surface area contributed by atoms with Crippen molar-refractivity contribution in [3.8, 4) is 5.75 Å². The SMILES string of the molecule is CC1CC(O)CC(F)(c2ccc(Cl)c(Cc3ccc(O)cc3)c2)O1. The molecule has 3 atom stereocenters. The third kappa shape index (κ3) is 3.72. The van der Waals surface area contributed by atoms with Crippen LogP contribution in [0.15, 0.2) is 42.5 Å². The van der Waals surface area contributed by atoms with Crippen LogP contribution in [0.5, 0.6) is 5.75 Å². The fraction of sp³-hybridized carbons (Fsp3) is 0.368. The first-order valence-electron chi connectivity index (χ1n) is 7.97. The van der Waals surface area contributed by atoms with Crippen LogP contribution in [-0.4, -0.2) is 22.4 Å². The fourth-order valence-corrected chi connectivity index (χ4v) is 3.33. The molecule has 1 aliphatic heterocycles. The zero-order chi connectivity index (χ0) is 17.3. The minimum Gasteiger partial charge on any atom is -0.508 e. The Morgan fingerprint density at radius 1 is 1.25 bits per heavy atom. The number of aliphatic hydroxyl groups excluding tert-OH is 1. The summed E-state index contributed by atoms with van der Waals surface area (Å²) in [5.74, 6) is -1.81. The smallest absolute Gasteiger partial charge is 0.238 e. The number of aliphatic hydroxyl groups is 1. The molecule has 0 saturated carbocycles. The first kappa shape index (κ1) is 17.2. The van der Waals surface area contributed by atoms with E-state index in [2.05, 4.69) is 0 Å². The molecule has 0 bridgehead atoms. The van der Waals surface area contributed by atoms with Gasteiger partial charge in [0.2, 0.25) is 5.85 Å². The standard InChI is InChI=1S/C19H20ClFO3/c1-12-8-17(23)11-19(21,24-12)15-4-7-18(20)14(10-15)9-13-2-5-16(22)6-3-13/h2-7,10,12,17,22-23H,8-9,11H2,1H3. The van der Waals surface area contributed by atoms with Gasteiger partial charge in [0.05, 0.1) is 12.2 Å². The number of rotatable bonds is 3. The Hall–Kier alpha value is -1.62. The molecule has 0 aromatic heterocycles. The summed E-state index contributed by atoms with van der Waals surface area (Å²) in [7, 11) is 0. The summed E-state index contributed by atoms with van der Waals surface area (Å²) in [5.41, 5.74) is 2.09. The largest absolute Gasteiger partial charge is 0.508 e. The molecule has 128 valence electrons. The Morgan fingerprint density at radius 2 is 1.96 bits per heavy atom. The number of aromatic hydroxyl groups is 1. The van der Waals surface area contributed by atoms with Gasteiger partial charge >= 0.3 is 0 Å². The van der Waals surface area contributed by atoms with Crippen LogP contribution in [-0.2, 0) is 17.0 Å². The second kappa shape index (κ2) is 6.71. The van der Waals surface area contributed by atoms with Gasteiger partial charge in [-0.05, 0) is 55.2 Å². The van der Waals surface area contributed by atoms with Crippen LogP contribution in [0.3, 0.4) is 0 Å². The second-order valence-corrected chi connectivity index (χ2v) is 6.81. The Morgan fingerprint density at radius 3 is 2.62 bits per heavy atom. The lowest BCUT2D eigenvalue weighted by Gasteiger charge is -2.37. The van der Waals surface area contributed by atoms with E-state index in [0.29, 0.717) is 23.4 Å². The summed E-state index contributed by atoms with van der Waals surface area (Å²) in [6, 6.07) is 11.8. The van der Waals surface area contributed by atoms with E-state index in [1.807, 2.05) is 0 Å². The second-order valence-electron chi connectivity index (χ2n) is 6.40. The monoisotopic (exact) mass is 350 g/mol. The van der Waals surface area contributed by atoms with Crippen molar-refractivity contribution in [2.75, 3.05) is 0 Å². The van der Waals surface area contributed by atoms with Crippen molar-refractivity contribution in [1.29, 1.82) is 0 Å². The number of benzene rings is 2. The zero-order valence-corrected chi connectivity index (χ0v) is 14.1. The maximum Gasteiger partial charge on any atom is 0.238 e. The molecular weight excluding hydrogens is 331 g/mol. The molecule has 0 amide bonds. The minimum absolute atomic E-state index is 0.0857. The number of phenols is 1. The van der Waals surface area contributed by atoms with Crippen molar-refractivity contribution in [2.24, 2.45) is 0 Å². The highest BCUT2D eigenvalue weighted by atomic mass is 35.5. The number of ether oxygens (including phenoxy) is 1. The van der Waals surface area contributed by atoms with Gasteiger partial charge in [-0.15, -0.1) is 0 Å². The van der Waals surface area contributed by atoms with Gasteiger partial charge in [0.1, 0.15) is 5.75 Å². The van der Waals surface area contributed by atoms with Gasteiger partial charge in [-0.2, -0.15) is 0 Å². The Kier molecular flexibility index (Phi) is 4.81. The van der Waals surface area contributed by atoms with Gasteiger partial charge in [-0.3, -0.25) is 0 Å². The lowest BCUT2D eigenvalue weighted by molar-refractivity contribution is -0.233. The normalized spacial score (nSPS) is 27.2. The maximum atomic E-state index is 15.3. The molecule has 2 aromatic carbocycles. The van der Waals surface area contributed by atoms with Crippen LogP contribution in [0.25, 0.3) is 0 Å². The molecule has 1 heterocycles. The summed E-state index contributed by atoms with van der Waals surface area (Å²) in [4.78, 5) is 0. The highest BCUT2D eigenvalue weighted by Gasteiger charge is 2.42. The third-order valence-electron chi connectivity index (χ3n) is 4.30. The van der Waals surface area contributed by atoms with Gasteiger partial charge in [-0.1, -0.05) is 29.8 Å². The molecule has 1 aliphatic rings. The molecule has 1 fully saturated rings. The van der Waals surface area contributed by atoms with Crippen LogP contribution in [0, 0.1) is 0 Å². The predicted octanol–water partition coefficient (Wildman–Crippen LogP) is 4.32. The van der Waals surface area contributed by atoms with Crippen LogP contribution in [0.4, 0.5) is 4.39 Å². The summed E-state index contributed by atoms with van der Waals surface area (Å²) in [5, 5.41) is 19.8. The Bertz CT molecular complexity index is 707. The number of hydrogen-bond acceptors (Lipinski definition) is 3. The fourth-order valence-electron chi connectivity index (χ4n) is 3.15. The lowest BCUT2D eigenvalue weighted by Crippen LogP contribution is -2.40. The van der Waals surface area contributed by atoms with Gasteiger partial charge in [0.15, 0.2) is 0 Å². The molecule has 3 unspecified atom stereocenters. The lowest BCUT2D eigenvalue weighted by atomic mass is 9.92. The number of alkyl halides is 1. The topological polar surface area (TPSA) is 49.7 Å². The molecule has 0 spiro atoms. The molecule has 3 nitrogen and oxygen atoms in total. The van der Waals surface area contributed by atoms with E-state index < -0.39 is 12.0 Å². The maximum absolute atomic E-state index is 15.3. The number of hydrogen-bond donors (Lipinski definition) is 2. The summed E-state index contributed by atoms with van der Waals surface area (Å²) < 4.78 is 20.7. The molecule has 2 aromatic rings. The minimum atomic E-state index is -2.01. The molecule has 3 rings (SSSR count). The average Bonchev–Trinajstić information content (AvgIpc) is 2.50. The first-order valence-corrected chi connectivity index (χ1v) is 8.35. The van der Waals surface area contributed by atoms with Crippen molar-refractivity contribution in [3.63, 3.8) is 0 Å². The van der Waals surface area contributed by atoms with Crippen LogP contribution in [0.2, 0.25) is 5.02 Å². The van der Waals surface area contributed by atoms with Crippen molar-refractivity contribution >= 4 is 11.6 Å². The zero-order valence-electron chi connectivity index (χ0n) is 13.4. The van der Waals surface area contributed by atoms with E-state index in [4.69, 9.17) is 16.3 Å². The van der Waals surface area contributed by atoms with Gasteiger partial charge in [-0.25, -0.2) is 4.39 Å². The molecular formula is C19H20ClFO3. The summed E-state index contributed by atoms with van der Waals surface area (Å²) in [6.07, 6.45) is -0.219. The molecule has 2 N–H and O–H groups in total. The van der Waals surface area contributed by atoms with Gasteiger partial charge in [0.25, 0.3) is 0 Å². The van der Waals surface area contributed by atoms with E-state index in [0.717, 1.165) is 11.1 Å². The quantitative estimate of drug-likeness (QED) is 0.866. The molecule has 5 heteroatoms. The average molecular weight is 351 g/mol. The highest BCUT2D eigenvalue weighted by Crippen LogP contribution is 2.40. The van der Waals surface area contributed by atoms with Crippen LogP contribution >= 0.6 is 11.6 Å². The Balaban J connectivity index is 1.89. The molecule has 0 aliphatic carbocycles. The molecule has 1 saturated heterocycles. The Labute approximate surface area is 145 Å². The van der Waals surface area contributed by atoms with E-state index >= 15 is 4.39 Å². The molecule has 24 heavy (non-hydrogen) atoms. The summed E-state index contributed by atoms with van der Waals surface area (Å²) >= 11 is 6.26. The van der Waals surface area contributed by atoms with Crippen LogP contribution < -0.4 is 0 Å². The van der Waals surface area contributed by atoms with Gasteiger partial charge < -0.3 is 14.9 Å². The summed E-state index contributed by atoms with van der Waals surface area (Å²) in [6.45, 7) is 1.75. The first-order chi connectivity index (χ1) is 11.4.